The van der Waals surface area contributed by atoms with Gasteiger partial charge >= 0.3 is 6.03 Å². The number of benzene rings is 1. The number of anilines is 1. The molecule has 1 saturated heterocycles. The Morgan fingerprint density at radius 1 is 1.53 bits per heavy atom. The van der Waals surface area contributed by atoms with Crippen molar-refractivity contribution in [1.29, 1.82) is 0 Å². The molecule has 1 heterocycles. The highest BCUT2D eigenvalue weighted by Crippen LogP contribution is 2.22. The third-order valence-corrected chi connectivity index (χ3v) is 2.77. The number of halogens is 2. The summed E-state index contributed by atoms with van der Waals surface area (Å²) in [5.74, 6) is -0.450. The van der Waals surface area contributed by atoms with Crippen molar-refractivity contribution in [3.8, 4) is 0 Å². The van der Waals surface area contributed by atoms with Crippen molar-refractivity contribution < 1.29 is 13.9 Å². The molecule has 0 spiro atoms. The molecule has 4 nitrogen and oxygen atoms in total. The zero-order valence-electron chi connectivity index (χ0n) is 9.00. The third kappa shape index (κ3) is 3.31. The molecule has 17 heavy (non-hydrogen) atoms. The van der Waals surface area contributed by atoms with Crippen LogP contribution in [-0.2, 0) is 4.74 Å². The summed E-state index contributed by atoms with van der Waals surface area (Å²) in [6.45, 7) is 1.15. The molecular formula is C11H12ClFN2O2. The first-order valence-corrected chi connectivity index (χ1v) is 5.63. The van der Waals surface area contributed by atoms with Gasteiger partial charge in [0.1, 0.15) is 5.82 Å². The van der Waals surface area contributed by atoms with Crippen LogP contribution in [0.25, 0.3) is 0 Å². The van der Waals surface area contributed by atoms with Crippen molar-refractivity contribution >= 4 is 23.3 Å². The molecule has 92 valence electrons. The van der Waals surface area contributed by atoms with Crippen molar-refractivity contribution in [3.63, 3.8) is 0 Å². The molecule has 1 unspecified atom stereocenters. The van der Waals surface area contributed by atoms with E-state index >= 15 is 0 Å². The molecule has 0 radical (unpaired) electrons. The number of rotatable bonds is 2. The lowest BCUT2D eigenvalue weighted by Crippen LogP contribution is -2.38. The van der Waals surface area contributed by atoms with Crippen LogP contribution in [0.15, 0.2) is 18.2 Å². The van der Waals surface area contributed by atoms with Crippen LogP contribution in [-0.4, -0.2) is 25.3 Å². The Kier molecular flexibility index (Phi) is 3.81. The molecule has 2 rings (SSSR count). The smallest absolute Gasteiger partial charge is 0.319 e. The zero-order valence-corrected chi connectivity index (χ0v) is 9.76. The Bertz CT molecular complexity index is 422. The molecule has 1 aliphatic rings. The fraction of sp³-hybridized carbons (Fsp3) is 0.364. The van der Waals surface area contributed by atoms with E-state index in [2.05, 4.69) is 10.6 Å². The van der Waals surface area contributed by atoms with Gasteiger partial charge in [-0.25, -0.2) is 9.18 Å². The van der Waals surface area contributed by atoms with E-state index in [4.69, 9.17) is 16.3 Å². The highest BCUT2D eigenvalue weighted by atomic mass is 35.5. The monoisotopic (exact) mass is 258 g/mol. The van der Waals surface area contributed by atoms with Crippen LogP contribution in [0, 0.1) is 5.82 Å². The van der Waals surface area contributed by atoms with Crippen molar-refractivity contribution in [3.05, 3.63) is 29.0 Å². The molecule has 1 aromatic rings. The Morgan fingerprint density at radius 2 is 2.35 bits per heavy atom. The fourth-order valence-corrected chi connectivity index (χ4v) is 1.75. The zero-order chi connectivity index (χ0) is 12.3. The Balaban J connectivity index is 1.95. The van der Waals surface area contributed by atoms with Crippen LogP contribution in [0.3, 0.4) is 0 Å². The topological polar surface area (TPSA) is 50.4 Å². The number of nitrogens with one attached hydrogen (secondary N) is 2. The summed E-state index contributed by atoms with van der Waals surface area (Å²) in [6.07, 6.45) is 0.782. The molecule has 1 atom stereocenters. The SMILES string of the molecule is O=C(Nc1cc(F)ccc1Cl)NC1CCOC1. The average molecular weight is 259 g/mol. The van der Waals surface area contributed by atoms with Gasteiger partial charge in [0.15, 0.2) is 0 Å². The summed E-state index contributed by atoms with van der Waals surface area (Å²) in [5.41, 5.74) is 0.253. The van der Waals surface area contributed by atoms with Gasteiger partial charge < -0.3 is 15.4 Å². The minimum atomic E-state index is -0.450. The largest absolute Gasteiger partial charge is 0.379 e. The van der Waals surface area contributed by atoms with Gasteiger partial charge in [-0.3, -0.25) is 0 Å². The second-order valence-corrected chi connectivity index (χ2v) is 4.19. The normalized spacial score (nSPS) is 19.1. The van der Waals surface area contributed by atoms with E-state index in [1.165, 1.54) is 18.2 Å². The lowest BCUT2D eigenvalue weighted by atomic mass is 10.3. The summed E-state index contributed by atoms with van der Waals surface area (Å²) in [7, 11) is 0. The highest BCUT2D eigenvalue weighted by molar-refractivity contribution is 6.33. The van der Waals surface area contributed by atoms with Gasteiger partial charge in [-0.2, -0.15) is 0 Å². The molecule has 0 aliphatic carbocycles. The van der Waals surface area contributed by atoms with E-state index in [-0.39, 0.29) is 11.7 Å². The third-order valence-electron chi connectivity index (χ3n) is 2.44. The molecule has 2 N–H and O–H groups in total. The number of ether oxygens (including phenoxy) is 1. The Morgan fingerprint density at radius 3 is 3.06 bits per heavy atom. The predicted molar refractivity (Wildman–Crippen MR) is 62.8 cm³/mol. The molecule has 1 aliphatic heterocycles. The number of hydrogen-bond acceptors (Lipinski definition) is 2. The first kappa shape index (κ1) is 12.1. The maximum Gasteiger partial charge on any atom is 0.319 e. The number of hydrogen-bond donors (Lipinski definition) is 2. The summed E-state index contributed by atoms with van der Waals surface area (Å²) >= 11 is 5.82. The minimum absolute atomic E-state index is 0.00216. The second kappa shape index (κ2) is 5.33. The van der Waals surface area contributed by atoms with Gasteiger partial charge in [0.25, 0.3) is 0 Å². The molecule has 0 saturated carbocycles. The predicted octanol–water partition coefficient (Wildman–Crippen LogP) is 2.39. The summed E-state index contributed by atoms with van der Waals surface area (Å²) < 4.78 is 18.1. The van der Waals surface area contributed by atoms with Gasteiger partial charge in [0, 0.05) is 6.61 Å². The summed E-state index contributed by atoms with van der Waals surface area (Å²) in [5, 5.41) is 5.51. The van der Waals surface area contributed by atoms with Crippen LogP contribution in [0.1, 0.15) is 6.42 Å². The van der Waals surface area contributed by atoms with Crippen LogP contribution in [0.2, 0.25) is 5.02 Å². The van der Waals surface area contributed by atoms with Crippen molar-refractivity contribution in [2.45, 2.75) is 12.5 Å². The lowest BCUT2D eigenvalue weighted by Gasteiger charge is -2.12. The van der Waals surface area contributed by atoms with E-state index in [1.807, 2.05) is 0 Å². The van der Waals surface area contributed by atoms with Gasteiger partial charge in [-0.1, -0.05) is 11.6 Å². The molecule has 6 heteroatoms. The number of carbonyl (C=O) groups excluding carboxylic acids is 1. The maximum atomic E-state index is 13.0. The van der Waals surface area contributed by atoms with E-state index in [0.29, 0.717) is 18.2 Å². The van der Waals surface area contributed by atoms with Crippen molar-refractivity contribution in [2.75, 3.05) is 18.5 Å². The number of amides is 2. The van der Waals surface area contributed by atoms with Crippen LogP contribution in [0.5, 0.6) is 0 Å². The van der Waals surface area contributed by atoms with Crippen LogP contribution in [0.4, 0.5) is 14.9 Å². The fourth-order valence-electron chi connectivity index (χ4n) is 1.59. The minimum Gasteiger partial charge on any atom is -0.379 e. The molecule has 0 aromatic heterocycles. The van der Waals surface area contributed by atoms with Gasteiger partial charge in [-0.05, 0) is 24.6 Å². The maximum absolute atomic E-state index is 13.0. The summed E-state index contributed by atoms with van der Waals surface area (Å²) in [4.78, 5) is 11.6. The van der Waals surface area contributed by atoms with Gasteiger partial charge in [-0.15, -0.1) is 0 Å². The highest BCUT2D eigenvalue weighted by Gasteiger charge is 2.18. The first-order chi connectivity index (χ1) is 8.15. The second-order valence-electron chi connectivity index (χ2n) is 3.78. The first-order valence-electron chi connectivity index (χ1n) is 5.25. The molecular weight excluding hydrogens is 247 g/mol. The molecule has 0 bridgehead atoms. The molecule has 1 fully saturated rings. The Labute approximate surface area is 103 Å². The number of urea groups is 1. The van der Waals surface area contributed by atoms with Crippen LogP contribution >= 0.6 is 11.6 Å². The molecule has 2 amide bonds. The van der Waals surface area contributed by atoms with Crippen molar-refractivity contribution in [1.82, 2.24) is 5.32 Å². The lowest BCUT2D eigenvalue weighted by molar-refractivity contribution is 0.189. The van der Waals surface area contributed by atoms with E-state index in [0.717, 1.165) is 6.42 Å². The molecule has 1 aromatic carbocycles. The average Bonchev–Trinajstić information content (AvgIpc) is 2.76. The number of carbonyl (C=O) groups is 1. The van der Waals surface area contributed by atoms with E-state index in [9.17, 15) is 9.18 Å². The van der Waals surface area contributed by atoms with Gasteiger partial charge in [0.05, 0.1) is 23.4 Å². The quantitative estimate of drug-likeness (QED) is 0.856. The van der Waals surface area contributed by atoms with E-state index in [1.54, 1.807) is 0 Å². The summed E-state index contributed by atoms with van der Waals surface area (Å²) in [6, 6.07) is 3.39. The van der Waals surface area contributed by atoms with Gasteiger partial charge in [0.2, 0.25) is 0 Å². The standard InChI is InChI=1S/C11H12ClFN2O2/c12-9-2-1-7(13)5-10(9)15-11(16)14-8-3-4-17-6-8/h1-2,5,8H,3-4,6H2,(H2,14,15,16). The van der Waals surface area contributed by atoms with E-state index < -0.39 is 11.8 Å². The van der Waals surface area contributed by atoms with Crippen molar-refractivity contribution in [2.24, 2.45) is 0 Å². The Hall–Kier alpha value is -1.33. The van der Waals surface area contributed by atoms with Crippen LogP contribution < -0.4 is 10.6 Å².